The summed E-state index contributed by atoms with van der Waals surface area (Å²) in [5.74, 6) is 1.28. The highest BCUT2D eigenvalue weighted by atomic mass is 79.9. The second kappa shape index (κ2) is 8.49. The summed E-state index contributed by atoms with van der Waals surface area (Å²) in [5.41, 5.74) is 3.30. The van der Waals surface area contributed by atoms with Gasteiger partial charge in [-0.1, -0.05) is 64.1 Å². The maximum Gasteiger partial charge on any atom is 0.237 e. The first-order chi connectivity index (χ1) is 13.7. The summed E-state index contributed by atoms with van der Waals surface area (Å²) in [6.07, 6.45) is 2.04. The van der Waals surface area contributed by atoms with E-state index in [2.05, 4.69) is 43.7 Å². The van der Waals surface area contributed by atoms with Crippen molar-refractivity contribution >= 4 is 39.3 Å². The van der Waals surface area contributed by atoms with Crippen LogP contribution < -0.4 is 4.90 Å². The van der Waals surface area contributed by atoms with Crippen molar-refractivity contribution in [2.75, 3.05) is 17.2 Å². The van der Waals surface area contributed by atoms with Crippen LogP contribution in [0.5, 0.6) is 0 Å². The molecule has 28 heavy (non-hydrogen) atoms. The smallest absolute Gasteiger partial charge is 0.237 e. The van der Waals surface area contributed by atoms with Gasteiger partial charge < -0.3 is 9.47 Å². The second-order valence-corrected chi connectivity index (χ2v) is 8.39. The third-order valence-corrected chi connectivity index (χ3v) is 6.53. The summed E-state index contributed by atoms with van der Waals surface area (Å²) in [4.78, 5) is 14.8. The highest BCUT2D eigenvalue weighted by Gasteiger charge is 2.23. The van der Waals surface area contributed by atoms with Crippen LogP contribution in [-0.4, -0.2) is 33.0 Å². The average molecular weight is 457 g/mol. The molecule has 0 saturated heterocycles. The molecule has 0 spiro atoms. The lowest BCUT2D eigenvalue weighted by Gasteiger charge is -2.29. The Bertz CT molecular complexity index is 1000. The molecule has 144 valence electrons. The molecule has 2 aromatic carbocycles. The van der Waals surface area contributed by atoms with Crippen LogP contribution in [0.1, 0.15) is 18.9 Å². The highest BCUT2D eigenvalue weighted by molar-refractivity contribution is 9.10. The molecule has 0 atom stereocenters. The minimum absolute atomic E-state index is 0.116. The lowest BCUT2D eigenvalue weighted by atomic mass is 10.0. The molecule has 0 radical (unpaired) electrons. The number of benzene rings is 2. The summed E-state index contributed by atoms with van der Waals surface area (Å²) < 4.78 is 3.04. The number of hydrogen-bond acceptors (Lipinski definition) is 4. The van der Waals surface area contributed by atoms with Gasteiger partial charge in [-0.15, -0.1) is 10.2 Å². The molecule has 0 saturated carbocycles. The summed E-state index contributed by atoms with van der Waals surface area (Å²) in [6, 6.07) is 16.2. The van der Waals surface area contributed by atoms with Gasteiger partial charge in [-0.25, -0.2) is 0 Å². The van der Waals surface area contributed by atoms with Crippen LogP contribution in [-0.2, 0) is 17.8 Å². The van der Waals surface area contributed by atoms with Gasteiger partial charge in [-0.2, -0.15) is 0 Å². The molecule has 0 aliphatic carbocycles. The van der Waals surface area contributed by atoms with E-state index in [-0.39, 0.29) is 5.91 Å². The fourth-order valence-electron chi connectivity index (χ4n) is 3.52. The minimum atomic E-state index is 0.116. The van der Waals surface area contributed by atoms with E-state index in [0.717, 1.165) is 52.6 Å². The van der Waals surface area contributed by atoms with Crippen LogP contribution in [0.3, 0.4) is 0 Å². The molecule has 1 aromatic heterocycles. The molecule has 1 aliphatic heterocycles. The van der Waals surface area contributed by atoms with Crippen molar-refractivity contribution in [3.05, 3.63) is 58.6 Å². The fraction of sp³-hybridized carbons (Fsp3) is 0.286. The van der Waals surface area contributed by atoms with Gasteiger partial charge in [0.05, 0.1) is 5.75 Å². The number of nitrogens with zero attached hydrogens (tertiary/aromatic N) is 4. The van der Waals surface area contributed by atoms with E-state index in [9.17, 15) is 4.79 Å². The molecular weight excluding hydrogens is 436 g/mol. The molecule has 0 N–H and O–H groups in total. The zero-order chi connectivity index (χ0) is 19.5. The van der Waals surface area contributed by atoms with Gasteiger partial charge in [-0.05, 0) is 37.5 Å². The van der Waals surface area contributed by atoms with Crippen molar-refractivity contribution in [3.63, 3.8) is 0 Å². The quantitative estimate of drug-likeness (QED) is 0.517. The summed E-state index contributed by atoms with van der Waals surface area (Å²) in [6.45, 7) is 3.59. The van der Waals surface area contributed by atoms with Gasteiger partial charge >= 0.3 is 0 Å². The molecule has 4 rings (SSSR count). The predicted octanol–water partition coefficient (Wildman–Crippen LogP) is 4.80. The molecule has 0 unspecified atom stereocenters. The van der Waals surface area contributed by atoms with Gasteiger partial charge in [0, 0.05) is 28.8 Å². The number of carbonyl (C=O) groups excluding carboxylic acids is 1. The molecule has 2 heterocycles. The van der Waals surface area contributed by atoms with Crippen LogP contribution in [0.2, 0.25) is 0 Å². The highest BCUT2D eigenvalue weighted by Crippen LogP contribution is 2.31. The Kier molecular flexibility index (Phi) is 5.82. The number of anilines is 1. The Morgan fingerprint density at radius 1 is 1.14 bits per heavy atom. The number of halogens is 1. The Hall–Kier alpha value is -2.12. The SMILES string of the molecule is CCn1c(SCC(=O)N2CCCc3ccccc32)nnc1-c1ccccc1Br. The minimum Gasteiger partial charge on any atom is -0.311 e. The number of carbonyl (C=O) groups is 1. The molecular formula is C21H21BrN4OS. The number of aromatic nitrogens is 3. The Morgan fingerprint density at radius 2 is 1.93 bits per heavy atom. The van der Waals surface area contributed by atoms with Gasteiger partial charge in [0.25, 0.3) is 0 Å². The van der Waals surface area contributed by atoms with Crippen molar-refractivity contribution in [1.29, 1.82) is 0 Å². The molecule has 7 heteroatoms. The number of aryl methyl sites for hydroxylation is 1. The van der Waals surface area contributed by atoms with Crippen molar-refractivity contribution < 1.29 is 4.79 Å². The Morgan fingerprint density at radius 3 is 2.75 bits per heavy atom. The third kappa shape index (κ3) is 3.73. The topological polar surface area (TPSA) is 51.0 Å². The second-order valence-electron chi connectivity index (χ2n) is 6.60. The number of para-hydroxylation sites is 1. The first-order valence-corrected chi connectivity index (χ1v) is 11.2. The van der Waals surface area contributed by atoms with Gasteiger partial charge in [0.1, 0.15) is 0 Å². The molecule has 1 aliphatic rings. The lowest BCUT2D eigenvalue weighted by Crippen LogP contribution is -2.36. The van der Waals surface area contributed by atoms with Crippen LogP contribution in [0.15, 0.2) is 58.2 Å². The lowest BCUT2D eigenvalue weighted by molar-refractivity contribution is -0.116. The number of fused-ring (bicyclic) bond motifs is 1. The number of thioether (sulfide) groups is 1. The average Bonchev–Trinajstić information content (AvgIpc) is 3.14. The number of rotatable bonds is 5. The number of amides is 1. The summed E-state index contributed by atoms with van der Waals surface area (Å²) in [5, 5.41) is 9.50. The third-order valence-electron chi connectivity index (χ3n) is 4.88. The Balaban J connectivity index is 1.52. The molecule has 0 fully saturated rings. The van der Waals surface area contributed by atoms with Gasteiger partial charge in [0.2, 0.25) is 5.91 Å². The maximum absolute atomic E-state index is 12.9. The summed E-state index contributed by atoms with van der Waals surface area (Å²) in [7, 11) is 0. The molecule has 3 aromatic rings. The van der Waals surface area contributed by atoms with Crippen molar-refractivity contribution in [2.24, 2.45) is 0 Å². The van der Waals surface area contributed by atoms with E-state index in [1.807, 2.05) is 47.4 Å². The van der Waals surface area contributed by atoms with Crippen molar-refractivity contribution in [2.45, 2.75) is 31.5 Å². The standard InChI is InChI=1S/C21H21BrN4OS/c1-2-25-20(16-10-4-5-11-17(16)22)23-24-21(25)28-14-19(27)26-13-7-9-15-8-3-6-12-18(15)26/h3-6,8,10-12H,2,7,9,13-14H2,1H3. The van der Waals surface area contributed by atoms with Gasteiger partial charge in [0.15, 0.2) is 11.0 Å². The van der Waals surface area contributed by atoms with Crippen molar-refractivity contribution in [3.8, 4) is 11.4 Å². The first kappa shape index (κ1) is 19.2. The van der Waals surface area contributed by atoms with E-state index in [1.54, 1.807) is 0 Å². The van der Waals surface area contributed by atoms with E-state index < -0.39 is 0 Å². The van der Waals surface area contributed by atoms with Crippen LogP contribution in [0.25, 0.3) is 11.4 Å². The normalized spacial score (nSPS) is 13.4. The maximum atomic E-state index is 12.9. The molecule has 0 bridgehead atoms. The zero-order valence-electron chi connectivity index (χ0n) is 15.6. The van der Waals surface area contributed by atoms with Crippen LogP contribution in [0.4, 0.5) is 5.69 Å². The van der Waals surface area contributed by atoms with E-state index in [4.69, 9.17) is 0 Å². The molecule has 1 amide bonds. The van der Waals surface area contributed by atoms with Crippen LogP contribution >= 0.6 is 27.7 Å². The van der Waals surface area contributed by atoms with Gasteiger partial charge in [-0.3, -0.25) is 4.79 Å². The van der Waals surface area contributed by atoms with Crippen molar-refractivity contribution in [1.82, 2.24) is 14.8 Å². The fourth-order valence-corrected chi connectivity index (χ4v) is 4.86. The predicted molar refractivity (Wildman–Crippen MR) is 117 cm³/mol. The summed E-state index contributed by atoms with van der Waals surface area (Å²) >= 11 is 5.04. The van der Waals surface area contributed by atoms with E-state index >= 15 is 0 Å². The van der Waals surface area contributed by atoms with E-state index in [0.29, 0.717) is 5.75 Å². The largest absolute Gasteiger partial charge is 0.311 e. The zero-order valence-corrected chi connectivity index (χ0v) is 18.0. The molecule has 5 nitrogen and oxygen atoms in total. The van der Waals surface area contributed by atoms with E-state index in [1.165, 1.54) is 17.3 Å². The monoisotopic (exact) mass is 456 g/mol. The van der Waals surface area contributed by atoms with Crippen LogP contribution in [0, 0.1) is 0 Å². The Labute approximate surface area is 177 Å². The number of hydrogen-bond donors (Lipinski definition) is 0. The first-order valence-electron chi connectivity index (χ1n) is 9.38.